The molecule has 0 saturated heterocycles. The standard InChI is InChI=1S/C29H35N5O9/c1-28(2,3)33-8-16(36)34-14-7-13(30)10-4-9-5-12-21(31)11-6-15(35)20(27(32)42)24(39)19(11)26(41)29(12,43)25(40)17(9)23(38)18(10)22(14)37/h7,9,11-12,19,21,33,35,37,40,43H,4-6,8,30-31H2,1-3H3,(H2,32,42)(H,34,36)/t9?,11?,12?,19?,21-,29+/m1/s1. The van der Waals surface area contributed by atoms with Crippen LogP contribution in [0, 0.1) is 23.7 Å². The molecule has 0 bridgehead atoms. The number of allylic oxidation sites excluding steroid dienone is 2. The van der Waals surface area contributed by atoms with E-state index in [0.717, 1.165) is 0 Å². The van der Waals surface area contributed by atoms with Gasteiger partial charge in [0.1, 0.15) is 17.1 Å². The third-order valence-electron chi connectivity index (χ3n) is 9.06. The number of hydrogen-bond donors (Lipinski definition) is 9. The number of amides is 2. The van der Waals surface area contributed by atoms with Crippen molar-refractivity contribution in [3.05, 3.63) is 39.9 Å². The number of rotatable bonds is 4. The minimum absolute atomic E-state index is 0.0250. The van der Waals surface area contributed by atoms with Crippen LogP contribution in [0.4, 0.5) is 11.4 Å². The number of phenols is 1. The van der Waals surface area contributed by atoms with Crippen molar-refractivity contribution in [2.75, 3.05) is 17.6 Å². The minimum Gasteiger partial charge on any atom is -0.511 e. The number of aromatic hydroxyl groups is 1. The molecule has 230 valence electrons. The molecule has 4 aliphatic rings. The fourth-order valence-corrected chi connectivity index (χ4v) is 7.00. The van der Waals surface area contributed by atoms with Crippen molar-refractivity contribution in [2.45, 2.75) is 57.2 Å². The van der Waals surface area contributed by atoms with Crippen LogP contribution in [0.2, 0.25) is 0 Å². The van der Waals surface area contributed by atoms with Gasteiger partial charge in [0.2, 0.25) is 5.91 Å². The number of benzene rings is 1. The van der Waals surface area contributed by atoms with Crippen LogP contribution in [-0.2, 0) is 25.6 Å². The van der Waals surface area contributed by atoms with Gasteiger partial charge in [-0.2, -0.15) is 0 Å². The van der Waals surface area contributed by atoms with Gasteiger partial charge in [-0.1, -0.05) is 0 Å². The van der Waals surface area contributed by atoms with Gasteiger partial charge in [0.05, 0.1) is 23.7 Å². The number of fused-ring (bicyclic) bond motifs is 4. The van der Waals surface area contributed by atoms with Gasteiger partial charge in [-0.05, 0) is 57.1 Å². The maximum absolute atomic E-state index is 13.9. The Balaban J connectivity index is 1.56. The van der Waals surface area contributed by atoms with E-state index >= 15 is 0 Å². The van der Waals surface area contributed by atoms with Gasteiger partial charge in [0.15, 0.2) is 28.7 Å². The molecule has 0 aliphatic heterocycles. The average Bonchev–Trinajstić information content (AvgIpc) is 2.89. The predicted octanol–water partition coefficient (Wildman–Crippen LogP) is -0.368. The quantitative estimate of drug-likeness (QED) is 0.0707. The van der Waals surface area contributed by atoms with E-state index in [1.807, 2.05) is 20.8 Å². The minimum atomic E-state index is -2.77. The van der Waals surface area contributed by atoms with E-state index in [1.54, 1.807) is 0 Å². The number of nitrogens with one attached hydrogen (secondary N) is 2. The Hall–Kier alpha value is -4.27. The van der Waals surface area contributed by atoms with Crippen LogP contribution in [0.5, 0.6) is 5.75 Å². The zero-order valence-electron chi connectivity index (χ0n) is 23.9. The number of aliphatic hydroxyl groups excluding tert-OH is 2. The Morgan fingerprint density at radius 1 is 1.12 bits per heavy atom. The molecule has 2 amide bonds. The Labute approximate surface area is 246 Å². The molecule has 4 unspecified atom stereocenters. The highest BCUT2D eigenvalue weighted by atomic mass is 16.3. The van der Waals surface area contributed by atoms with E-state index in [2.05, 4.69) is 10.6 Å². The summed E-state index contributed by atoms with van der Waals surface area (Å²) in [6.07, 6.45) is -0.370. The second-order valence-electron chi connectivity index (χ2n) is 12.8. The first-order valence-electron chi connectivity index (χ1n) is 13.9. The summed E-state index contributed by atoms with van der Waals surface area (Å²) >= 11 is 0. The molecule has 4 aliphatic carbocycles. The van der Waals surface area contributed by atoms with Gasteiger partial charge in [-0.25, -0.2) is 0 Å². The fraction of sp³-hybridized carbons (Fsp3) is 0.483. The number of nitrogen functional groups attached to an aromatic ring is 1. The second kappa shape index (κ2) is 9.89. The fourth-order valence-electron chi connectivity index (χ4n) is 7.00. The van der Waals surface area contributed by atoms with Crippen LogP contribution in [0.1, 0.15) is 49.5 Å². The van der Waals surface area contributed by atoms with Crippen LogP contribution in [0.15, 0.2) is 28.7 Å². The molecule has 1 fully saturated rings. The summed E-state index contributed by atoms with van der Waals surface area (Å²) in [5.74, 6) is -11.8. The lowest BCUT2D eigenvalue weighted by molar-refractivity contribution is -0.165. The van der Waals surface area contributed by atoms with Crippen molar-refractivity contribution in [1.29, 1.82) is 0 Å². The SMILES string of the molecule is CC(C)(C)NCC(=O)Nc1cc(N)c2c(c1O)C(=O)C1=C(O)[C@]3(O)C(=O)C4C(=O)C(C(N)=O)=C(O)CC4[C@@H](N)C3CC1C2. The van der Waals surface area contributed by atoms with Crippen LogP contribution in [0.3, 0.4) is 0 Å². The molecule has 14 heteroatoms. The topological polar surface area (TPSA) is 268 Å². The van der Waals surface area contributed by atoms with Crippen molar-refractivity contribution >= 4 is 40.5 Å². The molecule has 0 heterocycles. The smallest absolute Gasteiger partial charge is 0.255 e. The number of aliphatic hydroxyl groups is 3. The number of hydrogen-bond acceptors (Lipinski definition) is 12. The monoisotopic (exact) mass is 597 g/mol. The van der Waals surface area contributed by atoms with E-state index in [9.17, 15) is 44.4 Å². The maximum atomic E-state index is 13.9. The van der Waals surface area contributed by atoms with Crippen molar-refractivity contribution in [1.82, 2.24) is 5.32 Å². The number of nitrogens with two attached hydrogens (primary N) is 3. The number of carbonyl (C=O) groups excluding carboxylic acids is 5. The molecule has 1 aromatic rings. The normalized spacial score (nSPS) is 30.3. The third-order valence-corrected chi connectivity index (χ3v) is 9.06. The lowest BCUT2D eigenvalue weighted by Crippen LogP contribution is -2.69. The average molecular weight is 598 g/mol. The summed E-state index contributed by atoms with van der Waals surface area (Å²) in [6.45, 7) is 5.47. The molecular weight excluding hydrogens is 562 g/mol. The summed E-state index contributed by atoms with van der Waals surface area (Å²) in [5, 5.41) is 50.2. The van der Waals surface area contributed by atoms with E-state index in [4.69, 9.17) is 17.2 Å². The Bertz CT molecular complexity index is 1570. The highest BCUT2D eigenvalue weighted by molar-refractivity contribution is 6.27. The molecule has 12 N–H and O–H groups in total. The predicted molar refractivity (Wildman–Crippen MR) is 152 cm³/mol. The lowest BCUT2D eigenvalue weighted by atomic mass is 9.52. The van der Waals surface area contributed by atoms with Crippen LogP contribution in [-0.4, -0.2) is 73.3 Å². The third kappa shape index (κ3) is 4.48. The van der Waals surface area contributed by atoms with E-state index < -0.39 is 87.3 Å². The first-order chi connectivity index (χ1) is 19.9. The number of Topliss-reactive ketones (excluding diaryl/α,β-unsaturated/α-hetero) is 3. The molecule has 0 spiro atoms. The molecule has 0 radical (unpaired) electrons. The molecule has 1 aromatic carbocycles. The van der Waals surface area contributed by atoms with Crippen molar-refractivity contribution < 1.29 is 44.4 Å². The number of phenolic OH excluding ortho intramolecular Hbond substituents is 1. The maximum Gasteiger partial charge on any atom is 0.255 e. The Morgan fingerprint density at radius 3 is 2.37 bits per heavy atom. The number of anilines is 2. The molecule has 1 saturated carbocycles. The summed E-state index contributed by atoms with van der Waals surface area (Å²) in [6, 6.07) is 0.211. The van der Waals surface area contributed by atoms with E-state index in [1.165, 1.54) is 6.07 Å². The molecule has 43 heavy (non-hydrogen) atoms. The Kier molecular flexibility index (Phi) is 6.95. The van der Waals surface area contributed by atoms with Crippen molar-refractivity contribution in [3.63, 3.8) is 0 Å². The van der Waals surface area contributed by atoms with Gasteiger partial charge >= 0.3 is 0 Å². The highest BCUT2D eigenvalue weighted by Crippen LogP contribution is 2.55. The van der Waals surface area contributed by atoms with Crippen LogP contribution in [0.25, 0.3) is 0 Å². The zero-order chi connectivity index (χ0) is 31.9. The largest absolute Gasteiger partial charge is 0.511 e. The number of ketones is 3. The summed E-state index contributed by atoms with van der Waals surface area (Å²) in [5.41, 5.74) is 13.6. The van der Waals surface area contributed by atoms with Gasteiger partial charge in [0.25, 0.3) is 5.91 Å². The molecule has 5 rings (SSSR count). The first kappa shape index (κ1) is 30.2. The molecule has 14 nitrogen and oxygen atoms in total. The van der Waals surface area contributed by atoms with Gasteiger partial charge < -0.3 is 48.3 Å². The van der Waals surface area contributed by atoms with E-state index in [-0.39, 0.29) is 59.4 Å². The second-order valence-corrected chi connectivity index (χ2v) is 12.8. The van der Waals surface area contributed by atoms with E-state index in [0.29, 0.717) is 0 Å². The Morgan fingerprint density at radius 2 is 1.77 bits per heavy atom. The number of primary amides is 1. The van der Waals surface area contributed by atoms with Crippen molar-refractivity contribution in [3.8, 4) is 5.75 Å². The summed E-state index contributed by atoms with van der Waals surface area (Å²) in [4.78, 5) is 65.2. The highest BCUT2D eigenvalue weighted by Gasteiger charge is 2.66. The van der Waals surface area contributed by atoms with Crippen LogP contribution < -0.4 is 27.8 Å². The van der Waals surface area contributed by atoms with Gasteiger partial charge in [-0.15, -0.1) is 0 Å². The molecule has 0 aromatic heterocycles. The number of carbonyl (C=O) groups is 5. The van der Waals surface area contributed by atoms with Gasteiger partial charge in [-0.3, -0.25) is 24.0 Å². The molecule has 6 atom stereocenters. The molecular formula is C29H35N5O9. The summed E-state index contributed by atoms with van der Waals surface area (Å²) in [7, 11) is 0. The van der Waals surface area contributed by atoms with Crippen LogP contribution >= 0.6 is 0 Å². The lowest BCUT2D eigenvalue weighted by Gasteiger charge is -2.53. The summed E-state index contributed by atoms with van der Waals surface area (Å²) < 4.78 is 0. The first-order valence-corrected chi connectivity index (χ1v) is 13.9. The van der Waals surface area contributed by atoms with Crippen molar-refractivity contribution in [2.24, 2.45) is 35.1 Å². The zero-order valence-corrected chi connectivity index (χ0v) is 23.9. The van der Waals surface area contributed by atoms with Gasteiger partial charge in [0, 0.05) is 35.2 Å².